The van der Waals surface area contributed by atoms with E-state index in [1.807, 2.05) is 6.07 Å². The van der Waals surface area contributed by atoms with Crippen molar-refractivity contribution >= 4 is 0 Å². The van der Waals surface area contributed by atoms with Gasteiger partial charge in [-0.15, -0.1) is 0 Å². The number of nitriles is 1. The van der Waals surface area contributed by atoms with Gasteiger partial charge >= 0.3 is 0 Å². The molecule has 1 aliphatic heterocycles. The molecule has 0 spiro atoms. The number of fused-ring (bicyclic) bond motifs is 1. The number of nitrogens with two attached hydrogens (primary N) is 1. The first-order valence-corrected chi connectivity index (χ1v) is 7.41. The molecule has 2 aromatic heterocycles. The monoisotopic (exact) mass is 324 g/mol. The molecule has 0 unspecified atom stereocenters. The molecule has 3 rings (SSSR count). The Kier molecular flexibility index (Phi) is 4.06. The minimum absolute atomic E-state index is 0.00878. The second-order valence-corrected chi connectivity index (χ2v) is 5.45. The molecule has 2 aromatic rings. The molecule has 0 amide bonds. The van der Waals surface area contributed by atoms with Gasteiger partial charge in [0.2, 0.25) is 5.88 Å². The number of nitrogens with zero attached hydrogens (tertiary/aromatic N) is 3. The number of aryl methyl sites for hydroxylation is 1. The van der Waals surface area contributed by atoms with Crippen molar-refractivity contribution < 1.29 is 9.84 Å². The van der Waals surface area contributed by atoms with Crippen molar-refractivity contribution in [3.05, 3.63) is 69.2 Å². The SMILES string of the molecule is Cc1cc2c(c(=O)n1CCO)[C@H](c1ccncc1)C(C#N)=C(N)O2. The second kappa shape index (κ2) is 6.18. The summed E-state index contributed by atoms with van der Waals surface area (Å²) in [6.07, 6.45) is 3.19. The van der Waals surface area contributed by atoms with E-state index in [-0.39, 0.29) is 30.2 Å². The van der Waals surface area contributed by atoms with Crippen LogP contribution in [0.4, 0.5) is 0 Å². The Hall–Kier alpha value is -3.11. The van der Waals surface area contributed by atoms with Crippen LogP contribution < -0.4 is 16.0 Å². The fourth-order valence-corrected chi connectivity index (χ4v) is 2.95. The first-order valence-electron chi connectivity index (χ1n) is 7.41. The number of aliphatic hydroxyl groups is 1. The minimum Gasteiger partial charge on any atom is -0.440 e. The molecule has 3 heterocycles. The molecule has 0 saturated heterocycles. The lowest BCUT2D eigenvalue weighted by molar-refractivity contribution is 0.272. The molecule has 3 N–H and O–H groups in total. The summed E-state index contributed by atoms with van der Waals surface area (Å²) in [7, 11) is 0. The molecular weight excluding hydrogens is 308 g/mol. The highest BCUT2D eigenvalue weighted by atomic mass is 16.5. The van der Waals surface area contributed by atoms with Crippen molar-refractivity contribution in [2.75, 3.05) is 6.61 Å². The average Bonchev–Trinajstić information content (AvgIpc) is 2.58. The highest BCUT2D eigenvalue weighted by molar-refractivity contribution is 5.54. The lowest BCUT2D eigenvalue weighted by Gasteiger charge is -2.27. The maximum absolute atomic E-state index is 13.0. The highest BCUT2D eigenvalue weighted by Gasteiger charge is 2.34. The smallest absolute Gasteiger partial charge is 0.258 e. The summed E-state index contributed by atoms with van der Waals surface area (Å²) in [4.78, 5) is 16.9. The van der Waals surface area contributed by atoms with Crippen LogP contribution >= 0.6 is 0 Å². The summed E-state index contributed by atoms with van der Waals surface area (Å²) in [5.41, 5.74) is 7.49. The van der Waals surface area contributed by atoms with E-state index in [0.717, 1.165) is 5.56 Å². The van der Waals surface area contributed by atoms with Crippen LogP contribution in [0, 0.1) is 18.3 Å². The van der Waals surface area contributed by atoms with E-state index in [2.05, 4.69) is 4.98 Å². The maximum Gasteiger partial charge on any atom is 0.258 e. The van der Waals surface area contributed by atoms with Crippen LogP contribution in [0.25, 0.3) is 0 Å². The van der Waals surface area contributed by atoms with Gasteiger partial charge in [0.25, 0.3) is 5.56 Å². The molecule has 122 valence electrons. The van der Waals surface area contributed by atoms with Gasteiger partial charge in [-0.05, 0) is 24.6 Å². The molecule has 0 aliphatic carbocycles. The summed E-state index contributed by atoms with van der Waals surface area (Å²) < 4.78 is 6.99. The first kappa shape index (κ1) is 15.8. The summed E-state index contributed by atoms with van der Waals surface area (Å²) in [6.45, 7) is 1.76. The van der Waals surface area contributed by atoms with E-state index in [1.165, 1.54) is 4.57 Å². The molecule has 0 radical (unpaired) electrons. The lowest BCUT2D eigenvalue weighted by atomic mass is 9.84. The van der Waals surface area contributed by atoms with Crippen LogP contribution in [-0.2, 0) is 6.54 Å². The van der Waals surface area contributed by atoms with E-state index in [9.17, 15) is 15.2 Å². The van der Waals surface area contributed by atoms with E-state index < -0.39 is 5.92 Å². The largest absolute Gasteiger partial charge is 0.440 e. The van der Waals surface area contributed by atoms with Crippen molar-refractivity contribution in [2.45, 2.75) is 19.4 Å². The number of hydrogen-bond donors (Lipinski definition) is 2. The van der Waals surface area contributed by atoms with Crippen molar-refractivity contribution in [3.63, 3.8) is 0 Å². The predicted octanol–water partition coefficient (Wildman–Crippen LogP) is 0.762. The van der Waals surface area contributed by atoms with Crippen LogP contribution in [0.1, 0.15) is 22.7 Å². The van der Waals surface area contributed by atoms with Gasteiger partial charge in [-0.3, -0.25) is 9.78 Å². The molecule has 0 bridgehead atoms. The topological polar surface area (TPSA) is 114 Å². The zero-order valence-electron chi connectivity index (χ0n) is 13.1. The van der Waals surface area contributed by atoms with Gasteiger partial charge in [0.1, 0.15) is 17.4 Å². The van der Waals surface area contributed by atoms with Crippen molar-refractivity contribution in [1.82, 2.24) is 9.55 Å². The molecule has 7 heteroatoms. The molecule has 7 nitrogen and oxygen atoms in total. The third-order valence-electron chi connectivity index (χ3n) is 4.05. The van der Waals surface area contributed by atoms with Crippen molar-refractivity contribution in [1.29, 1.82) is 5.26 Å². The Morgan fingerprint density at radius 1 is 1.46 bits per heavy atom. The zero-order chi connectivity index (χ0) is 17.3. The Labute approximate surface area is 138 Å². The molecule has 0 saturated carbocycles. The zero-order valence-corrected chi connectivity index (χ0v) is 13.1. The molecule has 1 atom stereocenters. The summed E-state index contributed by atoms with van der Waals surface area (Å²) in [5.74, 6) is -0.296. The molecule has 0 fully saturated rings. The highest BCUT2D eigenvalue weighted by Crippen LogP contribution is 2.40. The maximum atomic E-state index is 13.0. The van der Waals surface area contributed by atoms with Gasteiger partial charge in [0.05, 0.1) is 18.1 Å². The van der Waals surface area contributed by atoms with E-state index in [1.54, 1.807) is 37.5 Å². The fraction of sp³-hybridized carbons (Fsp3) is 0.235. The van der Waals surface area contributed by atoms with E-state index in [4.69, 9.17) is 10.5 Å². The predicted molar refractivity (Wildman–Crippen MR) is 86.1 cm³/mol. The number of allylic oxidation sites excluding steroid dienone is 1. The number of hydrogen-bond acceptors (Lipinski definition) is 6. The Balaban J connectivity index is 2.32. The lowest BCUT2D eigenvalue weighted by Crippen LogP contribution is -2.33. The van der Waals surface area contributed by atoms with E-state index >= 15 is 0 Å². The quantitative estimate of drug-likeness (QED) is 0.861. The molecule has 0 aromatic carbocycles. The minimum atomic E-state index is -0.625. The van der Waals surface area contributed by atoms with Crippen LogP contribution in [0.2, 0.25) is 0 Å². The Morgan fingerprint density at radius 3 is 2.79 bits per heavy atom. The fourth-order valence-electron chi connectivity index (χ4n) is 2.95. The van der Waals surface area contributed by atoms with Gasteiger partial charge < -0.3 is 20.1 Å². The Bertz CT molecular complexity index is 910. The number of ether oxygens (including phenoxy) is 1. The van der Waals surface area contributed by atoms with Gasteiger partial charge in [0.15, 0.2) is 0 Å². The summed E-state index contributed by atoms with van der Waals surface area (Å²) in [6, 6.07) is 7.22. The third-order valence-corrected chi connectivity index (χ3v) is 4.05. The van der Waals surface area contributed by atoms with Gasteiger partial charge in [-0.25, -0.2) is 0 Å². The summed E-state index contributed by atoms with van der Waals surface area (Å²) >= 11 is 0. The van der Waals surface area contributed by atoms with Crippen molar-refractivity contribution in [3.8, 4) is 11.8 Å². The molecular formula is C17H16N4O3. The van der Waals surface area contributed by atoms with Gasteiger partial charge in [0, 0.05) is 30.7 Å². The normalized spacial score (nSPS) is 16.3. The average molecular weight is 324 g/mol. The number of aromatic nitrogens is 2. The first-order chi connectivity index (χ1) is 11.6. The number of rotatable bonds is 3. The molecule has 24 heavy (non-hydrogen) atoms. The van der Waals surface area contributed by atoms with Crippen molar-refractivity contribution in [2.24, 2.45) is 5.73 Å². The number of aliphatic hydroxyl groups excluding tert-OH is 1. The third kappa shape index (κ3) is 2.43. The van der Waals surface area contributed by atoms with Crippen LogP contribution in [0.5, 0.6) is 5.75 Å². The van der Waals surface area contributed by atoms with E-state index in [0.29, 0.717) is 17.0 Å². The van der Waals surface area contributed by atoms with Crippen LogP contribution in [0.15, 0.2) is 46.8 Å². The van der Waals surface area contributed by atoms with Gasteiger partial charge in [-0.1, -0.05) is 0 Å². The summed E-state index contributed by atoms with van der Waals surface area (Å²) in [5, 5.41) is 18.7. The molecule has 1 aliphatic rings. The number of pyridine rings is 2. The Morgan fingerprint density at radius 2 is 2.17 bits per heavy atom. The second-order valence-electron chi connectivity index (χ2n) is 5.45. The van der Waals surface area contributed by atoms with Gasteiger partial charge in [-0.2, -0.15) is 5.26 Å². The standard InChI is InChI=1S/C17H16N4O3/c1-10-8-13-15(17(23)21(10)6-7-22)14(11-2-4-20-5-3-11)12(9-18)16(19)24-13/h2-5,8,14,22H,6-7,19H2,1H3/t14-/m1/s1. The van der Waals surface area contributed by atoms with Crippen LogP contribution in [0.3, 0.4) is 0 Å². The van der Waals surface area contributed by atoms with Crippen LogP contribution in [-0.4, -0.2) is 21.3 Å².